The first-order valence-corrected chi connectivity index (χ1v) is 7.32. The highest BCUT2D eigenvalue weighted by Gasteiger charge is 2.42. The van der Waals surface area contributed by atoms with Gasteiger partial charge in [0.05, 0.1) is 12.8 Å². The van der Waals surface area contributed by atoms with Gasteiger partial charge in [-0.15, -0.1) is 0 Å². The Morgan fingerprint density at radius 2 is 1.95 bits per heavy atom. The van der Waals surface area contributed by atoms with Crippen molar-refractivity contribution in [3.63, 3.8) is 0 Å². The van der Waals surface area contributed by atoms with Crippen molar-refractivity contribution in [2.45, 2.75) is 50.6 Å². The highest BCUT2D eigenvalue weighted by atomic mass is 16.5. The minimum atomic E-state index is 0.228. The molecule has 2 saturated heterocycles. The van der Waals surface area contributed by atoms with E-state index in [1.165, 1.54) is 5.56 Å². The van der Waals surface area contributed by atoms with Gasteiger partial charge in [0, 0.05) is 19.0 Å². The van der Waals surface area contributed by atoms with Gasteiger partial charge in [0.2, 0.25) is 5.91 Å². The Bertz CT molecular complexity index is 515. The fourth-order valence-electron chi connectivity index (χ4n) is 3.95. The van der Waals surface area contributed by atoms with Crippen LogP contribution in [0, 0.1) is 0 Å². The van der Waals surface area contributed by atoms with Gasteiger partial charge in [-0.05, 0) is 49.3 Å². The van der Waals surface area contributed by atoms with E-state index in [1.807, 2.05) is 6.07 Å². The number of piperidine rings is 1. The molecule has 2 aliphatic rings. The summed E-state index contributed by atoms with van der Waals surface area (Å²) in [4.78, 5) is 13.8. The minimum absolute atomic E-state index is 0.228. The lowest BCUT2D eigenvalue weighted by Gasteiger charge is -2.38. The van der Waals surface area contributed by atoms with Crippen molar-refractivity contribution in [1.29, 1.82) is 0 Å². The maximum Gasteiger partial charge on any atom is 0.219 e. The number of amides is 1. The van der Waals surface area contributed by atoms with E-state index in [2.05, 4.69) is 17.0 Å². The standard InChI is InChI=1S/C16H22N2O2/c1-10(19)18-13-4-5-14(18)8-12(7-13)11-3-6-15(17)16(9-11)20-2/h3,6,9,12-14H,4-5,7-8,17H2,1-2H3. The monoisotopic (exact) mass is 274 g/mol. The second-order valence-corrected chi connectivity index (χ2v) is 5.98. The number of methoxy groups -OCH3 is 1. The summed E-state index contributed by atoms with van der Waals surface area (Å²) in [6, 6.07) is 6.92. The van der Waals surface area contributed by atoms with Crippen molar-refractivity contribution in [3.05, 3.63) is 23.8 Å². The summed E-state index contributed by atoms with van der Waals surface area (Å²) >= 11 is 0. The molecule has 0 aromatic heterocycles. The van der Waals surface area contributed by atoms with Crippen molar-refractivity contribution in [2.24, 2.45) is 0 Å². The van der Waals surface area contributed by atoms with E-state index < -0.39 is 0 Å². The van der Waals surface area contributed by atoms with Crippen LogP contribution in [0.3, 0.4) is 0 Å². The lowest BCUT2D eigenvalue weighted by Crippen LogP contribution is -2.44. The number of hydrogen-bond donors (Lipinski definition) is 1. The molecule has 2 unspecified atom stereocenters. The summed E-state index contributed by atoms with van der Waals surface area (Å²) < 4.78 is 5.32. The maximum absolute atomic E-state index is 11.7. The second kappa shape index (κ2) is 5.00. The Balaban J connectivity index is 1.82. The van der Waals surface area contributed by atoms with E-state index >= 15 is 0 Å². The Labute approximate surface area is 119 Å². The molecule has 108 valence electrons. The molecular weight excluding hydrogens is 252 g/mol. The van der Waals surface area contributed by atoms with Gasteiger partial charge >= 0.3 is 0 Å². The summed E-state index contributed by atoms with van der Waals surface area (Å²) in [7, 11) is 1.65. The average Bonchev–Trinajstić information content (AvgIpc) is 2.70. The van der Waals surface area contributed by atoms with Crippen molar-refractivity contribution in [2.75, 3.05) is 12.8 Å². The van der Waals surface area contributed by atoms with E-state index in [0.29, 0.717) is 23.7 Å². The number of carbonyl (C=O) groups excluding carboxylic acids is 1. The number of hydrogen-bond acceptors (Lipinski definition) is 3. The number of anilines is 1. The molecule has 4 heteroatoms. The Kier molecular flexibility index (Phi) is 3.32. The topological polar surface area (TPSA) is 55.6 Å². The number of nitrogens with zero attached hydrogens (tertiary/aromatic N) is 1. The van der Waals surface area contributed by atoms with Crippen LogP contribution < -0.4 is 10.5 Å². The van der Waals surface area contributed by atoms with Gasteiger partial charge in [-0.3, -0.25) is 4.79 Å². The first kappa shape index (κ1) is 13.3. The molecule has 20 heavy (non-hydrogen) atoms. The number of fused-ring (bicyclic) bond motifs is 2. The molecular formula is C16H22N2O2. The van der Waals surface area contributed by atoms with E-state index in [1.54, 1.807) is 14.0 Å². The number of rotatable bonds is 2. The van der Waals surface area contributed by atoms with Crippen LogP contribution in [0.25, 0.3) is 0 Å². The lowest BCUT2D eigenvalue weighted by molar-refractivity contribution is -0.133. The quantitative estimate of drug-likeness (QED) is 0.843. The van der Waals surface area contributed by atoms with Crippen molar-refractivity contribution in [3.8, 4) is 5.75 Å². The van der Waals surface area contributed by atoms with Crippen LogP contribution in [0.5, 0.6) is 5.75 Å². The van der Waals surface area contributed by atoms with Gasteiger partial charge in [-0.25, -0.2) is 0 Å². The Morgan fingerprint density at radius 3 is 2.50 bits per heavy atom. The van der Waals surface area contributed by atoms with Crippen LogP contribution in [-0.2, 0) is 4.79 Å². The number of nitrogen functional groups attached to an aromatic ring is 1. The second-order valence-electron chi connectivity index (χ2n) is 5.98. The third-order valence-electron chi connectivity index (χ3n) is 4.83. The molecule has 2 atom stereocenters. The fraction of sp³-hybridized carbons (Fsp3) is 0.562. The van der Waals surface area contributed by atoms with Crippen molar-refractivity contribution >= 4 is 11.6 Å². The van der Waals surface area contributed by atoms with Crippen LogP contribution in [0.4, 0.5) is 5.69 Å². The summed E-state index contributed by atoms with van der Waals surface area (Å²) in [5.41, 5.74) is 7.85. The Morgan fingerprint density at radius 1 is 1.30 bits per heavy atom. The van der Waals surface area contributed by atoms with E-state index in [-0.39, 0.29) is 5.91 Å². The predicted molar refractivity (Wildman–Crippen MR) is 78.7 cm³/mol. The highest BCUT2D eigenvalue weighted by Crippen LogP contribution is 2.43. The largest absolute Gasteiger partial charge is 0.495 e. The van der Waals surface area contributed by atoms with Gasteiger partial charge in [0.15, 0.2) is 0 Å². The fourth-order valence-corrected chi connectivity index (χ4v) is 3.95. The molecule has 0 spiro atoms. The third kappa shape index (κ3) is 2.13. The zero-order valence-electron chi connectivity index (χ0n) is 12.1. The SMILES string of the molecule is COc1cc(C2CC3CCC(C2)N3C(C)=O)ccc1N. The molecule has 0 saturated carbocycles. The van der Waals surface area contributed by atoms with Crippen LogP contribution >= 0.6 is 0 Å². The summed E-state index contributed by atoms with van der Waals surface area (Å²) in [5, 5.41) is 0. The molecule has 2 aliphatic heterocycles. The molecule has 0 aliphatic carbocycles. The Hall–Kier alpha value is -1.71. The molecule has 1 aromatic carbocycles. The third-order valence-corrected chi connectivity index (χ3v) is 4.83. The van der Waals surface area contributed by atoms with Crippen LogP contribution in [0.2, 0.25) is 0 Å². The van der Waals surface area contributed by atoms with E-state index in [9.17, 15) is 4.79 Å². The number of nitrogens with two attached hydrogens (primary N) is 1. The van der Waals surface area contributed by atoms with Crippen molar-refractivity contribution in [1.82, 2.24) is 4.90 Å². The highest BCUT2D eigenvalue weighted by molar-refractivity contribution is 5.74. The molecule has 2 N–H and O–H groups in total. The molecule has 4 nitrogen and oxygen atoms in total. The average molecular weight is 274 g/mol. The molecule has 2 fully saturated rings. The summed E-state index contributed by atoms with van der Waals surface area (Å²) in [6.07, 6.45) is 4.41. The van der Waals surface area contributed by atoms with Gasteiger partial charge in [-0.1, -0.05) is 6.07 Å². The van der Waals surface area contributed by atoms with Crippen LogP contribution in [0.15, 0.2) is 18.2 Å². The van der Waals surface area contributed by atoms with Gasteiger partial charge in [0.1, 0.15) is 5.75 Å². The minimum Gasteiger partial charge on any atom is -0.495 e. The van der Waals surface area contributed by atoms with E-state index in [0.717, 1.165) is 31.4 Å². The lowest BCUT2D eigenvalue weighted by atomic mass is 9.85. The molecule has 1 aromatic rings. The molecule has 3 rings (SSSR count). The normalized spacial score (nSPS) is 28.5. The van der Waals surface area contributed by atoms with E-state index in [4.69, 9.17) is 10.5 Å². The van der Waals surface area contributed by atoms with Crippen LogP contribution in [0.1, 0.15) is 44.1 Å². The molecule has 2 heterocycles. The number of ether oxygens (including phenoxy) is 1. The summed E-state index contributed by atoms with van der Waals surface area (Å²) in [5.74, 6) is 1.49. The number of benzene rings is 1. The maximum atomic E-state index is 11.7. The predicted octanol–water partition coefficient (Wildman–Crippen LogP) is 2.53. The van der Waals surface area contributed by atoms with Gasteiger partial charge < -0.3 is 15.4 Å². The van der Waals surface area contributed by atoms with Gasteiger partial charge in [0.25, 0.3) is 0 Å². The molecule has 0 radical (unpaired) electrons. The molecule has 2 bridgehead atoms. The first-order valence-electron chi connectivity index (χ1n) is 7.32. The summed E-state index contributed by atoms with van der Waals surface area (Å²) in [6.45, 7) is 1.69. The zero-order chi connectivity index (χ0) is 14.3. The number of carbonyl (C=O) groups is 1. The van der Waals surface area contributed by atoms with Crippen molar-refractivity contribution < 1.29 is 9.53 Å². The zero-order valence-corrected chi connectivity index (χ0v) is 12.1. The van der Waals surface area contributed by atoms with Gasteiger partial charge in [-0.2, -0.15) is 0 Å². The molecule has 1 amide bonds. The first-order chi connectivity index (χ1) is 9.60. The smallest absolute Gasteiger partial charge is 0.219 e. The van der Waals surface area contributed by atoms with Crippen LogP contribution in [-0.4, -0.2) is 30.0 Å².